The molecule has 0 radical (unpaired) electrons. The Kier molecular flexibility index (Phi) is 3.77. The van der Waals surface area contributed by atoms with Crippen LogP contribution in [0.25, 0.3) is 11.1 Å². The molecule has 0 saturated carbocycles. The first kappa shape index (κ1) is 15.6. The molecule has 130 valence electrons. The van der Waals surface area contributed by atoms with E-state index in [-0.39, 0.29) is 5.66 Å². The largest absolute Gasteiger partial charge is 0.362 e. The number of anilines is 1. The molecule has 3 nitrogen and oxygen atoms in total. The number of benzene rings is 3. The highest BCUT2D eigenvalue weighted by atomic mass is 15.3. The molecule has 2 aliphatic rings. The minimum absolute atomic E-state index is 0.279. The van der Waals surface area contributed by atoms with Gasteiger partial charge in [-0.2, -0.15) is 0 Å². The van der Waals surface area contributed by atoms with E-state index in [0.717, 1.165) is 31.7 Å². The topological polar surface area (TPSA) is 36.1 Å². The van der Waals surface area contributed by atoms with E-state index in [9.17, 15) is 0 Å². The molecule has 0 bridgehead atoms. The van der Waals surface area contributed by atoms with Gasteiger partial charge in [0, 0.05) is 25.3 Å². The normalized spacial score (nSPS) is 21.1. The molecule has 1 saturated heterocycles. The van der Waals surface area contributed by atoms with Crippen molar-refractivity contribution >= 4 is 5.69 Å². The Labute approximate surface area is 154 Å². The van der Waals surface area contributed by atoms with Crippen LogP contribution in [-0.2, 0) is 12.1 Å². The average molecular weight is 341 g/mol. The van der Waals surface area contributed by atoms with Crippen molar-refractivity contribution < 1.29 is 0 Å². The van der Waals surface area contributed by atoms with Crippen LogP contribution in [0, 0.1) is 0 Å². The number of nitrogens with one attached hydrogen (secondary N) is 3. The average Bonchev–Trinajstić information content (AvgIpc) is 3.07. The fraction of sp³-hybridized carbons (Fsp3) is 0.217. The lowest BCUT2D eigenvalue weighted by molar-refractivity contribution is 0.314. The van der Waals surface area contributed by atoms with Crippen LogP contribution in [-0.4, -0.2) is 19.6 Å². The van der Waals surface area contributed by atoms with Crippen molar-refractivity contribution in [3.63, 3.8) is 0 Å². The highest BCUT2D eigenvalue weighted by molar-refractivity contribution is 5.78. The first-order chi connectivity index (χ1) is 12.8. The molecule has 0 aromatic heterocycles. The van der Waals surface area contributed by atoms with E-state index in [2.05, 4.69) is 88.7 Å². The van der Waals surface area contributed by atoms with Gasteiger partial charge in [0.15, 0.2) is 0 Å². The minimum Gasteiger partial charge on any atom is -0.362 e. The van der Waals surface area contributed by atoms with Crippen LogP contribution >= 0.6 is 0 Å². The summed E-state index contributed by atoms with van der Waals surface area (Å²) in [5.41, 5.74) is 7.73. The van der Waals surface area contributed by atoms with E-state index in [4.69, 9.17) is 0 Å². The predicted octanol–water partition coefficient (Wildman–Crippen LogP) is 3.72. The van der Waals surface area contributed by atoms with Gasteiger partial charge in [0.25, 0.3) is 0 Å². The monoisotopic (exact) mass is 341 g/mol. The van der Waals surface area contributed by atoms with Crippen LogP contribution in [0.2, 0.25) is 0 Å². The van der Waals surface area contributed by atoms with Crippen LogP contribution < -0.4 is 16.0 Å². The van der Waals surface area contributed by atoms with E-state index < -0.39 is 0 Å². The molecular weight excluding hydrogens is 318 g/mol. The minimum atomic E-state index is -0.279. The summed E-state index contributed by atoms with van der Waals surface area (Å²) in [6, 6.07) is 26.2. The summed E-state index contributed by atoms with van der Waals surface area (Å²) in [5, 5.41) is 11.0. The summed E-state index contributed by atoms with van der Waals surface area (Å²) >= 11 is 0. The second kappa shape index (κ2) is 6.27. The summed E-state index contributed by atoms with van der Waals surface area (Å²) in [6.45, 7) is 2.79. The molecule has 3 N–H and O–H groups in total. The molecule has 1 heterocycles. The fourth-order valence-corrected chi connectivity index (χ4v) is 4.26. The third kappa shape index (κ3) is 2.61. The Hall–Kier alpha value is -2.62. The molecule has 3 aromatic rings. The molecule has 1 fully saturated rings. The first-order valence-electron chi connectivity index (χ1n) is 9.35. The van der Waals surface area contributed by atoms with Crippen molar-refractivity contribution in [2.45, 2.75) is 12.1 Å². The third-order valence-electron chi connectivity index (χ3n) is 5.54. The lowest BCUT2D eigenvalue weighted by Crippen LogP contribution is -2.61. The van der Waals surface area contributed by atoms with Crippen molar-refractivity contribution in [2.75, 3.05) is 25.0 Å². The van der Waals surface area contributed by atoms with Crippen molar-refractivity contribution in [1.29, 1.82) is 0 Å². The SMILES string of the molecule is c1ccc(C2(Nc3ccc4c(c3)Cc3ccccc3-4)CNCCN2)cc1. The molecule has 5 rings (SSSR count). The molecule has 1 unspecified atom stereocenters. The standard InChI is InChI=1S/C23H23N3/c1-2-7-19(8-3-1)23(16-24-12-13-25-23)26-20-10-11-22-18(15-20)14-17-6-4-5-9-21(17)22/h1-11,15,24-26H,12-14,16H2. The van der Waals surface area contributed by atoms with Crippen LogP contribution in [0.5, 0.6) is 0 Å². The number of rotatable bonds is 3. The highest BCUT2D eigenvalue weighted by Gasteiger charge is 2.33. The lowest BCUT2D eigenvalue weighted by atomic mass is 9.96. The Morgan fingerprint density at radius 2 is 1.58 bits per heavy atom. The quantitative estimate of drug-likeness (QED) is 0.532. The lowest BCUT2D eigenvalue weighted by Gasteiger charge is -2.41. The number of piperazine rings is 1. The molecule has 1 aliphatic carbocycles. The maximum atomic E-state index is 3.79. The summed E-state index contributed by atoms with van der Waals surface area (Å²) in [6.07, 6.45) is 1.02. The molecule has 26 heavy (non-hydrogen) atoms. The zero-order chi connectivity index (χ0) is 17.4. The van der Waals surface area contributed by atoms with Gasteiger partial charge in [-0.1, -0.05) is 60.7 Å². The summed E-state index contributed by atoms with van der Waals surface area (Å²) in [5.74, 6) is 0. The van der Waals surface area contributed by atoms with Crippen LogP contribution in [0.4, 0.5) is 5.69 Å². The Morgan fingerprint density at radius 1 is 0.769 bits per heavy atom. The maximum Gasteiger partial charge on any atom is 0.127 e. The van der Waals surface area contributed by atoms with Gasteiger partial charge < -0.3 is 10.6 Å². The summed E-state index contributed by atoms with van der Waals surface area (Å²) in [4.78, 5) is 0. The van der Waals surface area contributed by atoms with Gasteiger partial charge in [0.05, 0.1) is 0 Å². The smallest absolute Gasteiger partial charge is 0.127 e. The van der Waals surface area contributed by atoms with Crippen LogP contribution in [0.1, 0.15) is 16.7 Å². The van der Waals surface area contributed by atoms with Crippen LogP contribution in [0.15, 0.2) is 72.8 Å². The summed E-state index contributed by atoms with van der Waals surface area (Å²) in [7, 11) is 0. The van der Waals surface area contributed by atoms with Gasteiger partial charge >= 0.3 is 0 Å². The maximum absolute atomic E-state index is 3.79. The molecular formula is C23H23N3. The number of hydrogen-bond acceptors (Lipinski definition) is 3. The van der Waals surface area contributed by atoms with Gasteiger partial charge in [-0.25, -0.2) is 0 Å². The Morgan fingerprint density at radius 3 is 2.42 bits per heavy atom. The molecule has 3 heteroatoms. The molecule has 0 amide bonds. The predicted molar refractivity (Wildman–Crippen MR) is 107 cm³/mol. The number of hydrogen-bond donors (Lipinski definition) is 3. The highest BCUT2D eigenvalue weighted by Crippen LogP contribution is 2.38. The van der Waals surface area contributed by atoms with E-state index in [0.29, 0.717) is 0 Å². The third-order valence-corrected chi connectivity index (χ3v) is 5.54. The molecule has 1 aliphatic heterocycles. The number of fused-ring (bicyclic) bond motifs is 3. The Bertz CT molecular complexity index is 927. The van der Waals surface area contributed by atoms with E-state index in [1.807, 2.05) is 0 Å². The van der Waals surface area contributed by atoms with Crippen molar-refractivity contribution in [2.24, 2.45) is 0 Å². The van der Waals surface area contributed by atoms with Crippen molar-refractivity contribution in [3.05, 3.63) is 89.5 Å². The van der Waals surface area contributed by atoms with E-state index >= 15 is 0 Å². The van der Waals surface area contributed by atoms with E-state index in [1.165, 1.54) is 27.8 Å². The molecule has 0 spiro atoms. The van der Waals surface area contributed by atoms with Gasteiger partial charge in [0.2, 0.25) is 0 Å². The van der Waals surface area contributed by atoms with Gasteiger partial charge in [-0.05, 0) is 46.4 Å². The van der Waals surface area contributed by atoms with E-state index in [1.54, 1.807) is 0 Å². The van der Waals surface area contributed by atoms with Crippen LogP contribution in [0.3, 0.4) is 0 Å². The second-order valence-electron chi connectivity index (χ2n) is 7.21. The van der Waals surface area contributed by atoms with Gasteiger partial charge in [-0.15, -0.1) is 0 Å². The zero-order valence-corrected chi connectivity index (χ0v) is 14.8. The second-order valence-corrected chi connectivity index (χ2v) is 7.21. The summed E-state index contributed by atoms with van der Waals surface area (Å²) < 4.78 is 0. The van der Waals surface area contributed by atoms with Crippen molar-refractivity contribution in [3.8, 4) is 11.1 Å². The van der Waals surface area contributed by atoms with Gasteiger partial charge in [-0.3, -0.25) is 5.32 Å². The molecule has 1 atom stereocenters. The zero-order valence-electron chi connectivity index (χ0n) is 14.8. The van der Waals surface area contributed by atoms with Gasteiger partial charge in [0.1, 0.15) is 5.66 Å². The molecule has 3 aromatic carbocycles. The fourth-order valence-electron chi connectivity index (χ4n) is 4.26. The van der Waals surface area contributed by atoms with Crippen molar-refractivity contribution in [1.82, 2.24) is 10.6 Å². The Balaban J connectivity index is 1.49. The first-order valence-corrected chi connectivity index (χ1v) is 9.35.